The first-order valence-corrected chi connectivity index (χ1v) is 46.8. The van der Waals surface area contributed by atoms with Gasteiger partial charge in [0.15, 0.2) is 0 Å². The van der Waals surface area contributed by atoms with Crippen LogP contribution in [0.2, 0.25) is 0 Å². The lowest BCUT2D eigenvalue weighted by molar-refractivity contribution is -0.0280. The Bertz CT molecular complexity index is 8140. The average Bonchev–Trinajstić information content (AvgIpc) is 0.714. The monoisotopic (exact) mass is 2020 g/mol. The summed E-state index contributed by atoms with van der Waals surface area (Å²) in [6.45, 7) is -31.4. The van der Waals surface area contributed by atoms with Gasteiger partial charge in [-0.3, -0.25) is 0 Å². The molecule has 0 spiro atoms. The van der Waals surface area contributed by atoms with Crippen LogP contribution in [0.15, 0.2) is 169 Å². The van der Waals surface area contributed by atoms with E-state index in [4.69, 9.17) is 110 Å². The normalized spacial score (nSPS) is 29.9. The van der Waals surface area contributed by atoms with Crippen molar-refractivity contribution in [2.45, 2.75) is 305 Å². The van der Waals surface area contributed by atoms with Crippen LogP contribution in [0.3, 0.4) is 0 Å². The number of benzene rings is 7. The van der Waals surface area contributed by atoms with Crippen LogP contribution >= 0.6 is 0 Å². The third-order valence-electron chi connectivity index (χ3n) is 25.8. The van der Waals surface area contributed by atoms with E-state index < -0.39 is 437 Å². The fourth-order valence-electron chi connectivity index (χ4n) is 18.8. The van der Waals surface area contributed by atoms with E-state index >= 15 is 0 Å². The van der Waals surface area contributed by atoms with Crippen LogP contribution in [0.25, 0.3) is 0 Å². The average molecular weight is 2020 g/mol. The van der Waals surface area contributed by atoms with E-state index in [0.29, 0.717) is 127 Å². The SMILES string of the molecule is [2H]c1c([2H])c([C@@H](CN(C([2H])([2H])[2H])C([2H])([2H])[2H])C2(O)CCCCC2)c([2H])c([2H])c1OC([2H])([2H])[2H].[2H]c1c([2H])c([C@@H](CN(C)C([2H])([2H])[2H])C2(O)CCCCC2)c([2H])c([2H])c1OC([2H])([2H])[2H].[2H]c1c([2H])c([C@@]([2H])(CN(C)C([2H])([2H])[2H])C2(O)CCCCC2)c([2H])c([2H])c1OC([2H])([2H])[2H].[2H]c1c([2H])c([C@@]([2H])(CN(C)C)C2(O)CCCCC2)c([2H])c([2H])c1OC([2H])([2H])[2H].[2H]c1c([2H])c([C@H](C2(O)CCCCC2)C([2H])([2H])N(C([2H])([2H])[2H])C([2H])([2H])[2H])c([2H])c([2H])c1OC([2H])([2H])[2H].[2H]c1c([2H])c([C@H](C2(O)CCCCC2)C([2H])([2H])N(C)C([2H])([2H])[2H])c([2H])c([2H])c1OC([2H])([2H])[2H].[2H]c1c([2H])c([C@H](C2(O)CCCCC2)C([2H])([2H])N(C)C)c([2H])c([2H])c1OC([2H])([2H])[2H]. The molecule has 0 radical (unpaired) electrons. The summed E-state index contributed by atoms with van der Waals surface area (Å²) in [5.74, 6) is -17.3. The quantitative estimate of drug-likeness (QED) is 0.0196. The van der Waals surface area contributed by atoms with Crippen molar-refractivity contribution in [2.24, 2.45) is 0 Å². The second-order valence-electron chi connectivity index (χ2n) is 37.0. The molecule has 7 aromatic carbocycles. The summed E-state index contributed by atoms with van der Waals surface area (Å²) >= 11 is 0. The molecular weight excluding hydrogens is 1750 g/mol. The molecule has 7 aliphatic rings. The molecule has 21 nitrogen and oxygen atoms in total. The highest BCUT2D eigenvalue weighted by atomic mass is 16.5. The minimum Gasteiger partial charge on any atom is -0.497 e. The van der Waals surface area contributed by atoms with Crippen LogP contribution in [0.1, 0.15) is 412 Å². The Hall–Kier alpha value is -7.42. The van der Waals surface area contributed by atoms with Crippen molar-refractivity contribution < 1.29 is 176 Å². The minimum atomic E-state index is -3.54. The third kappa shape index (κ3) is 36.7. The molecule has 7 N–H and O–H groups in total. The molecule has 0 aromatic heterocycles. The summed E-state index contributed by atoms with van der Waals surface area (Å²) in [6, 6.07) is -21.0. The summed E-state index contributed by atoms with van der Waals surface area (Å²) < 4.78 is 647. The smallest absolute Gasteiger partial charge is 0.118 e. The maximum atomic E-state index is 11.5. The molecule has 0 saturated heterocycles. The fourth-order valence-corrected chi connectivity index (χ4v) is 18.8. The first-order chi connectivity index (χ1) is 98.1. The van der Waals surface area contributed by atoms with Crippen molar-refractivity contribution in [2.75, 3.05) is 193 Å². The number of hydrogen-bond acceptors (Lipinski definition) is 21. The Morgan fingerprint density at radius 3 is 0.614 bits per heavy atom. The zero-order valence-electron chi connectivity index (χ0n) is 159. The summed E-state index contributed by atoms with van der Waals surface area (Å²) in [4.78, 5) is 5.05. The van der Waals surface area contributed by atoms with E-state index in [1.54, 1.807) is 19.0 Å². The van der Waals surface area contributed by atoms with Gasteiger partial charge in [0.2, 0.25) is 0 Å². The predicted octanol–water partition coefficient (Wildman–Crippen LogP) is 21.2. The number of nitrogens with zero attached hydrogens (tertiary/aromatic N) is 7. The van der Waals surface area contributed by atoms with Crippen LogP contribution < -0.4 is 33.2 Å². The lowest BCUT2D eigenvalue weighted by atomic mass is 9.72. The lowest BCUT2D eigenvalue weighted by Gasteiger charge is -2.40. The van der Waals surface area contributed by atoms with E-state index in [0.717, 1.165) is 55.4 Å². The van der Waals surface area contributed by atoms with Gasteiger partial charge in [-0.15, -0.1) is 0 Å². The van der Waals surface area contributed by atoms with Crippen molar-refractivity contribution in [1.29, 1.82) is 0 Å². The Kier molecular flexibility index (Phi) is 20.3. The molecule has 21 heteroatoms. The van der Waals surface area contributed by atoms with E-state index in [2.05, 4.69) is 28.4 Å². The first-order valence-electron chi connectivity index (χ1n) is 85.8. The molecule has 7 aromatic rings. The number of aliphatic hydroxyl groups is 7. The fraction of sp³-hybridized carbons (Fsp3) is 0.647. The van der Waals surface area contributed by atoms with Gasteiger partial charge in [-0.1, -0.05) is 219 Å². The van der Waals surface area contributed by atoms with E-state index in [1.807, 2.05) is 0 Å². The third-order valence-corrected chi connectivity index (χ3v) is 25.8. The molecule has 7 aliphatic carbocycles. The number of hydrogen-bond donors (Lipinski definition) is 7. The van der Waals surface area contributed by atoms with Crippen LogP contribution in [0, 0.1) is 0 Å². The summed E-state index contributed by atoms with van der Waals surface area (Å²) in [7, 11) is -11.2. The minimum absolute atomic E-state index is 0.0143. The molecule has 0 unspecified atom stereocenters. The Balaban J connectivity index is 0.000000301. The predicted molar refractivity (Wildman–Crippen MR) is 576 cm³/mol. The molecule has 7 saturated carbocycles. The van der Waals surface area contributed by atoms with Crippen LogP contribution in [-0.2, 0) is 0 Å². The van der Waals surface area contributed by atoms with Gasteiger partial charge in [0, 0.05) is 127 Å². The Morgan fingerprint density at radius 1 is 0.221 bits per heavy atom. The van der Waals surface area contributed by atoms with Gasteiger partial charge in [-0.05, 0) is 312 Å². The zero-order valence-corrected chi connectivity index (χ0v) is 80.6. The Morgan fingerprint density at radius 2 is 0.400 bits per heavy atom. The van der Waals surface area contributed by atoms with Crippen LogP contribution in [0.5, 0.6) is 40.2 Å². The summed E-state index contributed by atoms with van der Waals surface area (Å²) in [6.07, 6.45) is 15.9. The van der Waals surface area contributed by atoms with Crippen molar-refractivity contribution in [1.82, 2.24) is 34.3 Å². The zero-order chi connectivity index (χ0) is 169. The topological polar surface area (TPSA) is 229 Å². The summed E-state index contributed by atoms with van der Waals surface area (Å²) in [5, 5.41) is 80.0. The largest absolute Gasteiger partial charge is 0.497 e. The molecular formula is C119H189N7O14. The number of likely N-dealkylation sites (N-methyl/N-ethyl adjacent to an activating group) is 7. The first kappa shape index (κ1) is 48.5. The molecule has 0 amide bonds. The molecule has 0 bridgehead atoms. The molecule has 14 rings (SSSR count). The molecule has 140 heavy (non-hydrogen) atoms. The molecule has 0 heterocycles. The Labute approximate surface area is 956 Å². The van der Waals surface area contributed by atoms with E-state index in [-0.39, 0.29) is 109 Å². The molecule has 0 aliphatic heterocycles. The standard InChI is InChI=1S/7C17H27NO2/c7*1-18(2)13-16(17(19)11-5-4-6-12-17)14-7-9-15(20-3)10-8-14/h7*7-10,16,19H,4-6,11-13H2,1-3H3/t7*16-/m1111111/s1/i1D3,2D3,3D3,7D,8D,9D,10D,13D2;1D3,3D3,7D,8D,9D,10D,16D;1D3,3D3,7D,8D,9D,10D,13D2;1D3,2D3,3D3,7D,8D,9D,10D;3D3,7D,8D,9D,10D,16D;3D3,7D,8D,9D,10D,13D2;1D3,3D3,7D,8D,9D,10D. The van der Waals surface area contributed by atoms with Gasteiger partial charge in [0.25, 0.3) is 0 Å². The molecule has 7 fully saturated rings. The molecule has 784 valence electrons. The highest BCUT2D eigenvalue weighted by Crippen LogP contribution is 2.49. The second-order valence-corrected chi connectivity index (χ2v) is 37.0. The van der Waals surface area contributed by atoms with Gasteiger partial charge in [0.1, 0.15) is 40.2 Å². The van der Waals surface area contributed by atoms with Gasteiger partial charge < -0.3 is 103 Å². The maximum Gasteiger partial charge on any atom is 0.118 e. The van der Waals surface area contributed by atoms with E-state index in [9.17, 15) is 37.1 Å². The maximum absolute atomic E-state index is 11.5. The number of rotatable bonds is 35. The van der Waals surface area contributed by atoms with Crippen LogP contribution in [0.4, 0.5) is 0 Å². The number of ether oxygens (including phenoxy) is 7. The van der Waals surface area contributed by atoms with Gasteiger partial charge >= 0.3 is 0 Å². The van der Waals surface area contributed by atoms with Crippen LogP contribution in [-0.4, -0.2) is 302 Å². The lowest BCUT2D eigenvalue weighted by Crippen LogP contribution is -2.42. The van der Waals surface area contributed by atoms with Gasteiger partial charge in [-0.25, -0.2) is 0 Å². The second kappa shape index (κ2) is 58.7. The van der Waals surface area contributed by atoms with Gasteiger partial charge in [0.05, 0.1) is 156 Å². The van der Waals surface area contributed by atoms with Crippen molar-refractivity contribution in [3.05, 3.63) is 208 Å². The highest BCUT2D eigenvalue weighted by Gasteiger charge is 2.46. The van der Waals surface area contributed by atoms with Crippen molar-refractivity contribution >= 4 is 0 Å². The van der Waals surface area contributed by atoms with Crippen molar-refractivity contribution in [3.63, 3.8) is 0 Å². The highest BCUT2D eigenvalue weighted by molar-refractivity contribution is 5.38. The van der Waals surface area contributed by atoms with Gasteiger partial charge in [-0.2, -0.15) is 0 Å². The molecule has 7 atom stereocenters. The van der Waals surface area contributed by atoms with E-state index in [1.165, 1.54) is 33.1 Å². The summed E-state index contributed by atoms with van der Waals surface area (Å²) in [5.41, 5.74) is -14.8. The van der Waals surface area contributed by atoms with Crippen molar-refractivity contribution in [3.8, 4) is 40.2 Å². The number of methoxy groups -OCH3 is 7.